The summed E-state index contributed by atoms with van der Waals surface area (Å²) in [5.74, 6) is -0.235. The molecule has 4 rings (SSSR count). The van der Waals surface area contributed by atoms with Crippen LogP contribution in [0.5, 0.6) is 0 Å². The Hall–Kier alpha value is -3.12. The molecule has 2 heterocycles. The summed E-state index contributed by atoms with van der Waals surface area (Å²) < 4.78 is 3.76. The molecule has 2 aromatic carbocycles. The lowest BCUT2D eigenvalue weighted by atomic mass is 10.2. The van der Waals surface area contributed by atoms with Gasteiger partial charge in [-0.15, -0.1) is 5.10 Å². The van der Waals surface area contributed by atoms with E-state index in [0.29, 0.717) is 23.8 Å². The molecule has 0 aliphatic heterocycles. The maximum atomic E-state index is 12.5. The molecule has 0 bridgehead atoms. The SMILES string of the molecule is CC(Cn1ccc2ccccc21)NC(=O)c1cn(Cc2cccc(Cl)c2)nn1. The summed E-state index contributed by atoms with van der Waals surface area (Å²) in [6, 6.07) is 17.7. The second-order valence-electron chi connectivity index (χ2n) is 6.83. The number of halogens is 1. The topological polar surface area (TPSA) is 64.7 Å². The van der Waals surface area contributed by atoms with Crippen molar-refractivity contribution in [2.24, 2.45) is 0 Å². The largest absolute Gasteiger partial charge is 0.346 e. The van der Waals surface area contributed by atoms with Crippen LogP contribution in [0.15, 0.2) is 67.0 Å². The number of aromatic nitrogens is 4. The van der Waals surface area contributed by atoms with E-state index in [9.17, 15) is 4.79 Å². The molecule has 0 aliphatic rings. The van der Waals surface area contributed by atoms with Crippen LogP contribution in [0, 0.1) is 0 Å². The third-order valence-corrected chi connectivity index (χ3v) is 4.77. The van der Waals surface area contributed by atoms with Crippen LogP contribution in [-0.2, 0) is 13.1 Å². The van der Waals surface area contributed by atoms with Gasteiger partial charge in [0.25, 0.3) is 5.91 Å². The van der Waals surface area contributed by atoms with Crippen molar-refractivity contribution in [2.45, 2.75) is 26.1 Å². The molecule has 6 nitrogen and oxygen atoms in total. The minimum absolute atomic E-state index is 0.0543. The second kappa shape index (κ2) is 7.86. The zero-order chi connectivity index (χ0) is 19.5. The lowest BCUT2D eigenvalue weighted by Crippen LogP contribution is -2.35. The van der Waals surface area contributed by atoms with E-state index in [1.54, 1.807) is 10.9 Å². The molecular weight excluding hydrogens is 374 g/mol. The standard InChI is InChI=1S/C21H20ClN5O/c1-15(12-26-10-9-17-6-2-3-8-20(17)26)23-21(28)19-14-27(25-24-19)13-16-5-4-7-18(22)11-16/h2-11,14-15H,12-13H2,1H3,(H,23,28). The van der Waals surface area contributed by atoms with Crippen molar-refractivity contribution < 1.29 is 4.79 Å². The highest BCUT2D eigenvalue weighted by molar-refractivity contribution is 6.30. The molecule has 1 N–H and O–H groups in total. The van der Waals surface area contributed by atoms with Crippen LogP contribution in [0.4, 0.5) is 0 Å². The van der Waals surface area contributed by atoms with Gasteiger partial charge in [0.1, 0.15) is 0 Å². The predicted octanol–water partition coefficient (Wildman–Crippen LogP) is 3.75. The number of nitrogens with one attached hydrogen (secondary N) is 1. The number of benzene rings is 2. The quantitative estimate of drug-likeness (QED) is 0.542. The van der Waals surface area contributed by atoms with Crippen LogP contribution in [0.3, 0.4) is 0 Å². The van der Waals surface area contributed by atoms with Gasteiger partial charge in [0.05, 0.1) is 12.7 Å². The average molecular weight is 394 g/mol. The van der Waals surface area contributed by atoms with Gasteiger partial charge in [-0.3, -0.25) is 4.79 Å². The van der Waals surface area contributed by atoms with E-state index in [0.717, 1.165) is 11.1 Å². The Balaban J connectivity index is 1.39. The molecule has 4 aromatic rings. The van der Waals surface area contributed by atoms with Crippen molar-refractivity contribution in [1.82, 2.24) is 24.9 Å². The maximum Gasteiger partial charge on any atom is 0.273 e. The van der Waals surface area contributed by atoms with Crippen molar-refractivity contribution in [3.8, 4) is 0 Å². The molecule has 1 amide bonds. The van der Waals surface area contributed by atoms with Gasteiger partial charge in [-0.25, -0.2) is 4.68 Å². The Labute approximate surface area is 167 Å². The van der Waals surface area contributed by atoms with E-state index in [2.05, 4.69) is 38.4 Å². The highest BCUT2D eigenvalue weighted by atomic mass is 35.5. The Kier molecular flexibility index (Phi) is 5.12. The summed E-state index contributed by atoms with van der Waals surface area (Å²) in [5.41, 5.74) is 2.44. The van der Waals surface area contributed by atoms with Crippen molar-refractivity contribution in [1.29, 1.82) is 0 Å². The molecule has 0 spiro atoms. The van der Waals surface area contributed by atoms with Crippen LogP contribution in [-0.4, -0.2) is 31.5 Å². The van der Waals surface area contributed by atoms with Crippen molar-refractivity contribution in [3.63, 3.8) is 0 Å². The molecule has 0 aliphatic carbocycles. The number of rotatable bonds is 6. The number of para-hydroxylation sites is 1. The van der Waals surface area contributed by atoms with E-state index >= 15 is 0 Å². The monoisotopic (exact) mass is 393 g/mol. The molecular formula is C21H20ClN5O. The van der Waals surface area contributed by atoms with Crippen molar-refractivity contribution in [3.05, 3.63) is 83.3 Å². The zero-order valence-electron chi connectivity index (χ0n) is 15.4. The van der Waals surface area contributed by atoms with E-state index in [1.807, 2.05) is 49.5 Å². The van der Waals surface area contributed by atoms with Gasteiger partial charge >= 0.3 is 0 Å². The van der Waals surface area contributed by atoms with E-state index in [4.69, 9.17) is 11.6 Å². The number of hydrogen-bond donors (Lipinski definition) is 1. The van der Waals surface area contributed by atoms with Crippen LogP contribution in [0.25, 0.3) is 10.9 Å². The first-order chi connectivity index (χ1) is 13.6. The molecule has 0 saturated carbocycles. The predicted molar refractivity (Wildman–Crippen MR) is 109 cm³/mol. The normalized spacial score (nSPS) is 12.2. The van der Waals surface area contributed by atoms with Gasteiger partial charge in [-0.05, 0) is 42.1 Å². The lowest BCUT2D eigenvalue weighted by molar-refractivity contribution is 0.0932. The molecule has 7 heteroatoms. The van der Waals surface area contributed by atoms with E-state index in [1.165, 1.54) is 5.39 Å². The molecule has 0 fully saturated rings. The maximum absolute atomic E-state index is 12.5. The van der Waals surface area contributed by atoms with Gasteiger partial charge in [0, 0.05) is 29.3 Å². The zero-order valence-corrected chi connectivity index (χ0v) is 16.2. The fourth-order valence-corrected chi connectivity index (χ4v) is 3.45. The molecule has 142 valence electrons. The van der Waals surface area contributed by atoms with Crippen LogP contribution >= 0.6 is 11.6 Å². The Morgan fingerprint density at radius 2 is 2.04 bits per heavy atom. The first-order valence-corrected chi connectivity index (χ1v) is 9.45. The lowest BCUT2D eigenvalue weighted by Gasteiger charge is -2.14. The summed E-state index contributed by atoms with van der Waals surface area (Å²) in [6.07, 6.45) is 3.68. The van der Waals surface area contributed by atoms with Gasteiger partial charge in [0.2, 0.25) is 0 Å². The third kappa shape index (κ3) is 4.07. The third-order valence-electron chi connectivity index (χ3n) is 4.53. The molecule has 2 aromatic heterocycles. The van der Waals surface area contributed by atoms with E-state index in [-0.39, 0.29) is 11.9 Å². The van der Waals surface area contributed by atoms with Crippen LogP contribution in [0.2, 0.25) is 5.02 Å². The highest BCUT2D eigenvalue weighted by Gasteiger charge is 2.15. The highest BCUT2D eigenvalue weighted by Crippen LogP contribution is 2.15. The van der Waals surface area contributed by atoms with Gasteiger partial charge < -0.3 is 9.88 Å². The molecule has 1 atom stereocenters. The number of amides is 1. The fraction of sp³-hybridized carbons (Fsp3) is 0.190. The first kappa shape index (κ1) is 18.3. The number of carbonyl (C=O) groups is 1. The summed E-state index contributed by atoms with van der Waals surface area (Å²) in [5, 5.41) is 12.9. The average Bonchev–Trinajstić information content (AvgIpc) is 3.29. The minimum Gasteiger partial charge on any atom is -0.346 e. The second-order valence-corrected chi connectivity index (χ2v) is 7.27. The van der Waals surface area contributed by atoms with Crippen LogP contribution < -0.4 is 5.32 Å². The van der Waals surface area contributed by atoms with E-state index < -0.39 is 0 Å². The number of carbonyl (C=O) groups excluding carboxylic acids is 1. The summed E-state index contributed by atoms with van der Waals surface area (Å²) in [7, 11) is 0. The van der Waals surface area contributed by atoms with Crippen molar-refractivity contribution >= 4 is 28.4 Å². The molecule has 0 radical (unpaired) electrons. The summed E-state index contributed by atoms with van der Waals surface area (Å²) in [6.45, 7) is 3.16. The van der Waals surface area contributed by atoms with Crippen molar-refractivity contribution in [2.75, 3.05) is 0 Å². The van der Waals surface area contributed by atoms with Gasteiger partial charge in [-0.1, -0.05) is 47.1 Å². The first-order valence-electron chi connectivity index (χ1n) is 9.08. The van der Waals surface area contributed by atoms with Gasteiger partial charge in [-0.2, -0.15) is 0 Å². The molecule has 0 saturated heterocycles. The Morgan fingerprint density at radius 3 is 2.89 bits per heavy atom. The fourth-order valence-electron chi connectivity index (χ4n) is 3.24. The number of fused-ring (bicyclic) bond motifs is 1. The number of hydrogen-bond acceptors (Lipinski definition) is 3. The summed E-state index contributed by atoms with van der Waals surface area (Å²) >= 11 is 6.01. The number of nitrogens with zero attached hydrogens (tertiary/aromatic N) is 4. The minimum atomic E-state index is -0.235. The smallest absolute Gasteiger partial charge is 0.273 e. The Bertz CT molecular complexity index is 1120. The molecule has 1 unspecified atom stereocenters. The Morgan fingerprint density at radius 1 is 1.18 bits per heavy atom. The van der Waals surface area contributed by atoms with Crippen LogP contribution in [0.1, 0.15) is 23.0 Å². The molecule has 28 heavy (non-hydrogen) atoms. The summed E-state index contributed by atoms with van der Waals surface area (Å²) in [4.78, 5) is 12.5. The van der Waals surface area contributed by atoms with Gasteiger partial charge in [0.15, 0.2) is 5.69 Å².